The number of aromatic nitrogens is 3. The molecule has 27 heavy (non-hydrogen) atoms. The SMILES string of the molecule is Cc1cc(Nc2ncnc3ccc(Cl)cc23)c(=O)n2c1C(=O)NC21CCC1. The molecule has 5 rings (SSSR count). The zero-order valence-electron chi connectivity index (χ0n) is 14.5. The van der Waals surface area contributed by atoms with Gasteiger partial charge < -0.3 is 10.6 Å². The third-order valence-electron chi connectivity index (χ3n) is 5.41. The van der Waals surface area contributed by atoms with E-state index in [1.54, 1.807) is 28.8 Å². The van der Waals surface area contributed by atoms with Crippen molar-refractivity contribution < 1.29 is 4.79 Å². The Kier molecular flexibility index (Phi) is 3.33. The molecule has 0 unspecified atom stereocenters. The number of anilines is 2. The van der Waals surface area contributed by atoms with E-state index in [0.717, 1.165) is 35.7 Å². The number of amides is 1. The topological polar surface area (TPSA) is 88.9 Å². The summed E-state index contributed by atoms with van der Waals surface area (Å²) >= 11 is 6.11. The van der Waals surface area contributed by atoms with Crippen LogP contribution in [0.5, 0.6) is 0 Å². The number of fused-ring (bicyclic) bond motifs is 3. The summed E-state index contributed by atoms with van der Waals surface area (Å²) in [5.74, 6) is 0.314. The molecule has 8 heteroatoms. The summed E-state index contributed by atoms with van der Waals surface area (Å²) in [7, 11) is 0. The third-order valence-corrected chi connectivity index (χ3v) is 5.65. The Morgan fingerprint density at radius 3 is 2.78 bits per heavy atom. The summed E-state index contributed by atoms with van der Waals surface area (Å²) in [6.07, 6.45) is 3.95. The zero-order chi connectivity index (χ0) is 18.8. The first-order valence-corrected chi connectivity index (χ1v) is 9.13. The van der Waals surface area contributed by atoms with Gasteiger partial charge in [-0.1, -0.05) is 11.6 Å². The summed E-state index contributed by atoms with van der Waals surface area (Å²) in [4.78, 5) is 34.1. The Balaban J connectivity index is 1.67. The lowest BCUT2D eigenvalue weighted by Gasteiger charge is -2.39. The molecule has 0 atom stereocenters. The molecular weight excluding hydrogens is 366 g/mol. The van der Waals surface area contributed by atoms with Gasteiger partial charge >= 0.3 is 0 Å². The van der Waals surface area contributed by atoms with Crippen LogP contribution < -0.4 is 16.2 Å². The molecule has 7 nitrogen and oxygen atoms in total. The average molecular weight is 382 g/mol. The van der Waals surface area contributed by atoms with Crippen LogP contribution in [0.3, 0.4) is 0 Å². The van der Waals surface area contributed by atoms with Gasteiger partial charge in [0, 0.05) is 10.4 Å². The Labute approximate surface area is 159 Å². The fraction of sp³-hybridized carbons (Fsp3) is 0.263. The van der Waals surface area contributed by atoms with E-state index in [2.05, 4.69) is 20.6 Å². The van der Waals surface area contributed by atoms with Gasteiger partial charge in [-0.15, -0.1) is 0 Å². The van der Waals surface area contributed by atoms with Crippen LogP contribution in [0.1, 0.15) is 35.3 Å². The number of nitrogens with zero attached hydrogens (tertiary/aromatic N) is 3. The molecule has 0 bridgehead atoms. The molecule has 1 amide bonds. The van der Waals surface area contributed by atoms with Crippen molar-refractivity contribution >= 4 is 39.9 Å². The zero-order valence-corrected chi connectivity index (χ0v) is 15.3. The molecule has 3 aromatic rings. The number of hydrogen-bond donors (Lipinski definition) is 2. The number of carbonyl (C=O) groups is 1. The Hall–Kier alpha value is -2.93. The lowest BCUT2D eigenvalue weighted by Crippen LogP contribution is -2.52. The first kappa shape index (κ1) is 16.3. The Morgan fingerprint density at radius 1 is 1.22 bits per heavy atom. The van der Waals surface area contributed by atoms with Crippen LogP contribution in [-0.2, 0) is 5.66 Å². The van der Waals surface area contributed by atoms with Gasteiger partial charge in [-0.2, -0.15) is 0 Å². The minimum absolute atomic E-state index is 0.185. The van der Waals surface area contributed by atoms with Crippen LogP contribution in [0.4, 0.5) is 11.5 Å². The molecule has 136 valence electrons. The van der Waals surface area contributed by atoms with Gasteiger partial charge in [-0.05, 0) is 56.0 Å². The quantitative estimate of drug-likeness (QED) is 0.712. The highest BCUT2D eigenvalue weighted by atomic mass is 35.5. The number of hydrogen-bond acceptors (Lipinski definition) is 5. The maximum Gasteiger partial charge on any atom is 0.276 e. The smallest absolute Gasteiger partial charge is 0.276 e. The van der Waals surface area contributed by atoms with E-state index in [1.807, 2.05) is 6.92 Å². The number of benzene rings is 1. The largest absolute Gasteiger partial charge is 0.335 e. The predicted molar refractivity (Wildman–Crippen MR) is 103 cm³/mol. The number of halogens is 1. The fourth-order valence-electron chi connectivity index (χ4n) is 3.97. The second-order valence-electron chi connectivity index (χ2n) is 7.08. The lowest BCUT2D eigenvalue weighted by molar-refractivity contribution is 0.0790. The van der Waals surface area contributed by atoms with Crippen LogP contribution >= 0.6 is 11.6 Å². The van der Waals surface area contributed by atoms with Crippen molar-refractivity contribution in [2.45, 2.75) is 31.8 Å². The summed E-state index contributed by atoms with van der Waals surface area (Å²) in [5, 5.41) is 7.41. The molecule has 1 aliphatic carbocycles. The van der Waals surface area contributed by atoms with E-state index in [0.29, 0.717) is 22.2 Å². The average Bonchev–Trinajstić information content (AvgIpc) is 2.94. The molecule has 0 radical (unpaired) electrons. The number of nitrogens with one attached hydrogen (secondary N) is 2. The minimum atomic E-state index is -0.580. The van der Waals surface area contributed by atoms with Crippen molar-refractivity contribution in [3.8, 4) is 0 Å². The lowest BCUT2D eigenvalue weighted by atomic mass is 9.85. The normalized spacial score (nSPS) is 16.9. The summed E-state index contributed by atoms with van der Waals surface area (Å²) < 4.78 is 1.62. The fourth-order valence-corrected chi connectivity index (χ4v) is 4.14. The minimum Gasteiger partial charge on any atom is -0.335 e. The van der Waals surface area contributed by atoms with Gasteiger partial charge in [-0.3, -0.25) is 14.2 Å². The Morgan fingerprint density at radius 2 is 2.04 bits per heavy atom. The van der Waals surface area contributed by atoms with Gasteiger partial charge in [-0.25, -0.2) is 9.97 Å². The summed E-state index contributed by atoms with van der Waals surface area (Å²) in [6.45, 7) is 1.84. The molecule has 1 fully saturated rings. The molecule has 3 heterocycles. The molecule has 2 N–H and O–H groups in total. The molecule has 0 saturated heterocycles. The van der Waals surface area contributed by atoms with Crippen LogP contribution in [0.2, 0.25) is 5.02 Å². The maximum absolute atomic E-state index is 13.2. The molecule has 1 spiro atoms. The maximum atomic E-state index is 13.2. The van der Waals surface area contributed by atoms with Crippen molar-refractivity contribution in [3.63, 3.8) is 0 Å². The highest BCUT2D eigenvalue weighted by Crippen LogP contribution is 2.41. The number of carbonyl (C=O) groups excluding carboxylic acids is 1. The second-order valence-corrected chi connectivity index (χ2v) is 7.51. The standard InChI is InChI=1S/C19H16ClN5O2/c1-10-7-14(18(27)25-15(10)17(26)24-19(25)5-2-6-19)23-16-12-8-11(20)3-4-13(12)21-9-22-16/h3-4,7-9H,2,5-6H2,1H3,(H,24,26)(H,21,22,23). The summed E-state index contributed by atoms with van der Waals surface area (Å²) in [5.41, 5.74) is 1.47. The van der Waals surface area contributed by atoms with Crippen LogP contribution in [0.25, 0.3) is 10.9 Å². The Bertz CT molecular complexity index is 1180. The van der Waals surface area contributed by atoms with Gasteiger partial charge in [0.05, 0.1) is 5.52 Å². The highest BCUT2D eigenvalue weighted by Gasteiger charge is 2.48. The highest BCUT2D eigenvalue weighted by molar-refractivity contribution is 6.31. The van der Waals surface area contributed by atoms with E-state index in [9.17, 15) is 9.59 Å². The van der Waals surface area contributed by atoms with Crippen LogP contribution in [-0.4, -0.2) is 20.4 Å². The van der Waals surface area contributed by atoms with Gasteiger partial charge in [0.15, 0.2) is 0 Å². The predicted octanol–water partition coefficient (Wildman–Crippen LogP) is 3.08. The molecule has 1 aromatic carbocycles. The number of pyridine rings is 1. The van der Waals surface area contributed by atoms with E-state index < -0.39 is 5.66 Å². The van der Waals surface area contributed by atoms with E-state index in [4.69, 9.17) is 11.6 Å². The van der Waals surface area contributed by atoms with Gasteiger partial charge in [0.25, 0.3) is 11.5 Å². The van der Waals surface area contributed by atoms with Crippen molar-refractivity contribution in [2.24, 2.45) is 0 Å². The van der Waals surface area contributed by atoms with Crippen molar-refractivity contribution in [3.05, 3.63) is 57.2 Å². The monoisotopic (exact) mass is 381 g/mol. The first-order chi connectivity index (χ1) is 13.0. The number of aryl methyl sites for hydroxylation is 1. The second kappa shape index (κ2) is 5.53. The van der Waals surface area contributed by atoms with Crippen molar-refractivity contribution in [1.82, 2.24) is 19.9 Å². The van der Waals surface area contributed by atoms with Gasteiger partial charge in [0.1, 0.15) is 29.2 Å². The number of rotatable bonds is 2. The molecule has 1 aliphatic heterocycles. The summed E-state index contributed by atoms with van der Waals surface area (Å²) in [6, 6.07) is 7.02. The molecule has 2 aliphatic rings. The molecular formula is C19H16ClN5O2. The van der Waals surface area contributed by atoms with Gasteiger partial charge in [0.2, 0.25) is 0 Å². The van der Waals surface area contributed by atoms with Crippen LogP contribution in [0.15, 0.2) is 35.4 Å². The first-order valence-electron chi connectivity index (χ1n) is 8.75. The van der Waals surface area contributed by atoms with Crippen molar-refractivity contribution in [1.29, 1.82) is 0 Å². The third kappa shape index (κ3) is 2.28. The van der Waals surface area contributed by atoms with E-state index in [1.165, 1.54) is 6.33 Å². The van der Waals surface area contributed by atoms with E-state index >= 15 is 0 Å². The molecule has 2 aromatic heterocycles. The molecule has 1 saturated carbocycles. The van der Waals surface area contributed by atoms with Crippen LogP contribution in [0, 0.1) is 6.92 Å². The van der Waals surface area contributed by atoms with E-state index in [-0.39, 0.29) is 11.5 Å². The van der Waals surface area contributed by atoms with Crippen molar-refractivity contribution in [2.75, 3.05) is 5.32 Å².